The molecule has 1 N–H and O–H groups in total. The van der Waals surface area contributed by atoms with Crippen molar-refractivity contribution in [3.63, 3.8) is 0 Å². The summed E-state index contributed by atoms with van der Waals surface area (Å²) in [7, 11) is 0. The van der Waals surface area contributed by atoms with Gasteiger partial charge in [0.1, 0.15) is 11.9 Å². The quantitative estimate of drug-likeness (QED) is 0.937. The van der Waals surface area contributed by atoms with Crippen molar-refractivity contribution in [2.75, 3.05) is 0 Å². The number of hydrogen-bond donors (Lipinski definition) is 1. The van der Waals surface area contributed by atoms with Gasteiger partial charge in [0.25, 0.3) is 0 Å². The molecule has 2 aromatic rings. The molecule has 1 aromatic heterocycles. The van der Waals surface area contributed by atoms with Crippen molar-refractivity contribution in [2.24, 2.45) is 5.92 Å². The van der Waals surface area contributed by atoms with E-state index in [0.717, 1.165) is 12.1 Å². The lowest BCUT2D eigenvalue weighted by Crippen LogP contribution is -2.25. The summed E-state index contributed by atoms with van der Waals surface area (Å²) in [5.41, 5.74) is 0.578. The van der Waals surface area contributed by atoms with Crippen molar-refractivity contribution in [3.05, 3.63) is 29.6 Å². The number of carbonyl (C=O) groups is 1. The van der Waals surface area contributed by atoms with Crippen molar-refractivity contribution in [1.29, 1.82) is 0 Å². The summed E-state index contributed by atoms with van der Waals surface area (Å²) in [6.07, 6.45) is 0.481. The van der Waals surface area contributed by atoms with Crippen molar-refractivity contribution < 1.29 is 18.7 Å². The molecule has 1 heterocycles. The standard InChI is InChI=1S/C14H16F2N2O2/c1-4-12-17-10-5-8(15)9(16)6-11(10)18(12)13(7(2)3)14(19)20/h5-7,13H,4H2,1-3H3,(H,19,20). The highest BCUT2D eigenvalue weighted by Crippen LogP contribution is 2.28. The van der Waals surface area contributed by atoms with Crippen LogP contribution in [-0.2, 0) is 11.2 Å². The van der Waals surface area contributed by atoms with Gasteiger partial charge < -0.3 is 9.67 Å². The van der Waals surface area contributed by atoms with Crippen LogP contribution in [0.25, 0.3) is 11.0 Å². The van der Waals surface area contributed by atoms with Crippen molar-refractivity contribution in [1.82, 2.24) is 9.55 Å². The summed E-state index contributed by atoms with van der Waals surface area (Å²) in [4.78, 5) is 15.7. The maximum absolute atomic E-state index is 13.4. The van der Waals surface area contributed by atoms with Crippen LogP contribution in [0, 0.1) is 17.6 Å². The lowest BCUT2D eigenvalue weighted by atomic mass is 10.0. The molecule has 0 fully saturated rings. The number of nitrogens with zero attached hydrogens (tertiary/aromatic N) is 2. The third-order valence-electron chi connectivity index (χ3n) is 3.28. The van der Waals surface area contributed by atoms with Crippen LogP contribution in [0.4, 0.5) is 8.78 Å². The zero-order chi connectivity index (χ0) is 15.0. The first kappa shape index (κ1) is 14.4. The fraction of sp³-hybridized carbons (Fsp3) is 0.429. The van der Waals surface area contributed by atoms with Gasteiger partial charge in [-0.1, -0.05) is 20.8 Å². The highest BCUT2D eigenvalue weighted by atomic mass is 19.2. The molecule has 4 nitrogen and oxygen atoms in total. The molecule has 0 spiro atoms. The number of benzene rings is 1. The smallest absolute Gasteiger partial charge is 0.327 e. The largest absolute Gasteiger partial charge is 0.480 e. The van der Waals surface area contributed by atoms with E-state index >= 15 is 0 Å². The number of aliphatic carboxylic acids is 1. The highest BCUT2D eigenvalue weighted by molar-refractivity contribution is 5.80. The van der Waals surface area contributed by atoms with E-state index < -0.39 is 23.6 Å². The zero-order valence-corrected chi connectivity index (χ0v) is 11.5. The molecule has 2 rings (SSSR count). The van der Waals surface area contributed by atoms with Gasteiger partial charge in [-0.05, 0) is 5.92 Å². The average molecular weight is 282 g/mol. The number of imidazole rings is 1. The Kier molecular flexibility index (Phi) is 3.74. The molecule has 108 valence electrons. The van der Waals surface area contributed by atoms with E-state index in [1.54, 1.807) is 13.8 Å². The Bertz CT molecular complexity index is 665. The summed E-state index contributed by atoms with van der Waals surface area (Å²) >= 11 is 0. The van der Waals surface area contributed by atoms with Gasteiger partial charge in [0.15, 0.2) is 11.6 Å². The summed E-state index contributed by atoms with van der Waals surface area (Å²) in [6, 6.07) is 1.15. The molecule has 1 atom stereocenters. The summed E-state index contributed by atoms with van der Waals surface area (Å²) in [5, 5.41) is 9.40. The molecule has 20 heavy (non-hydrogen) atoms. The van der Waals surface area contributed by atoms with Gasteiger partial charge in [-0.3, -0.25) is 0 Å². The Labute approximate surface area is 115 Å². The van der Waals surface area contributed by atoms with Gasteiger partial charge in [0, 0.05) is 18.6 Å². The maximum atomic E-state index is 13.4. The second-order valence-electron chi connectivity index (χ2n) is 5.03. The SMILES string of the molecule is CCc1nc2cc(F)c(F)cc2n1C(C(=O)O)C(C)C. The molecule has 0 aliphatic rings. The first-order valence-electron chi connectivity index (χ1n) is 6.45. The van der Waals surface area contributed by atoms with E-state index in [4.69, 9.17) is 0 Å². The zero-order valence-electron chi connectivity index (χ0n) is 11.5. The van der Waals surface area contributed by atoms with Crippen LogP contribution in [0.5, 0.6) is 0 Å². The van der Waals surface area contributed by atoms with Gasteiger partial charge in [-0.25, -0.2) is 18.6 Å². The van der Waals surface area contributed by atoms with Crippen LogP contribution in [0.3, 0.4) is 0 Å². The molecule has 0 aliphatic carbocycles. The Morgan fingerprint density at radius 2 is 1.95 bits per heavy atom. The fourth-order valence-corrected chi connectivity index (χ4v) is 2.39. The predicted octanol–water partition coefficient (Wildman–Crippen LogP) is 3.16. The van der Waals surface area contributed by atoms with Crippen molar-refractivity contribution in [3.8, 4) is 0 Å². The molecule has 0 amide bonds. The number of hydrogen-bond acceptors (Lipinski definition) is 2. The molecule has 6 heteroatoms. The number of carboxylic acids is 1. The Balaban J connectivity index is 2.78. The molecule has 0 saturated heterocycles. The molecule has 0 bridgehead atoms. The maximum Gasteiger partial charge on any atom is 0.327 e. The highest BCUT2D eigenvalue weighted by Gasteiger charge is 2.28. The van der Waals surface area contributed by atoms with Gasteiger partial charge >= 0.3 is 5.97 Å². The van der Waals surface area contributed by atoms with E-state index in [-0.39, 0.29) is 11.4 Å². The van der Waals surface area contributed by atoms with E-state index in [2.05, 4.69) is 4.98 Å². The van der Waals surface area contributed by atoms with Crippen LogP contribution in [0.15, 0.2) is 12.1 Å². The second kappa shape index (κ2) is 5.19. The van der Waals surface area contributed by atoms with Crippen LogP contribution < -0.4 is 0 Å². The first-order valence-corrected chi connectivity index (χ1v) is 6.45. The number of aryl methyl sites for hydroxylation is 1. The number of rotatable bonds is 4. The van der Waals surface area contributed by atoms with E-state index in [1.165, 1.54) is 4.57 Å². The van der Waals surface area contributed by atoms with Crippen molar-refractivity contribution >= 4 is 17.0 Å². The molecular formula is C14H16F2N2O2. The van der Waals surface area contributed by atoms with E-state index in [1.807, 2.05) is 6.92 Å². The van der Waals surface area contributed by atoms with Gasteiger partial charge in [0.2, 0.25) is 0 Å². The van der Waals surface area contributed by atoms with E-state index in [9.17, 15) is 18.7 Å². The minimum Gasteiger partial charge on any atom is -0.480 e. The molecule has 0 radical (unpaired) electrons. The number of halogens is 2. The van der Waals surface area contributed by atoms with Gasteiger partial charge in [-0.2, -0.15) is 0 Å². The van der Waals surface area contributed by atoms with Gasteiger partial charge in [-0.15, -0.1) is 0 Å². The number of fused-ring (bicyclic) bond motifs is 1. The fourth-order valence-electron chi connectivity index (χ4n) is 2.39. The molecular weight excluding hydrogens is 266 g/mol. The number of carboxylic acid groups (broad SMARTS) is 1. The van der Waals surface area contributed by atoms with Crippen LogP contribution in [0.1, 0.15) is 32.6 Å². The van der Waals surface area contributed by atoms with Gasteiger partial charge in [0.05, 0.1) is 11.0 Å². The normalized spacial score (nSPS) is 13.1. The Morgan fingerprint density at radius 3 is 2.45 bits per heavy atom. The Morgan fingerprint density at radius 1 is 1.35 bits per heavy atom. The molecule has 0 aliphatic heterocycles. The lowest BCUT2D eigenvalue weighted by molar-refractivity contribution is -0.142. The predicted molar refractivity (Wildman–Crippen MR) is 70.5 cm³/mol. The third-order valence-corrected chi connectivity index (χ3v) is 3.28. The number of aromatic nitrogens is 2. The summed E-state index contributed by atoms with van der Waals surface area (Å²) in [5.74, 6) is -2.71. The van der Waals surface area contributed by atoms with E-state index in [0.29, 0.717) is 17.8 Å². The first-order chi connectivity index (χ1) is 9.36. The molecule has 0 saturated carbocycles. The molecule has 1 unspecified atom stereocenters. The van der Waals surface area contributed by atoms with Crippen LogP contribution >= 0.6 is 0 Å². The molecule has 1 aromatic carbocycles. The second-order valence-corrected chi connectivity index (χ2v) is 5.03. The summed E-state index contributed by atoms with van der Waals surface area (Å²) < 4.78 is 28.2. The third kappa shape index (κ3) is 2.26. The minimum absolute atomic E-state index is 0.205. The minimum atomic E-state index is -1.02. The lowest BCUT2D eigenvalue weighted by Gasteiger charge is -2.21. The monoisotopic (exact) mass is 282 g/mol. The van der Waals surface area contributed by atoms with Crippen LogP contribution in [-0.4, -0.2) is 20.6 Å². The topological polar surface area (TPSA) is 55.1 Å². The Hall–Kier alpha value is -1.98. The average Bonchev–Trinajstić information content (AvgIpc) is 2.67. The summed E-state index contributed by atoms with van der Waals surface area (Å²) in [6.45, 7) is 5.36. The van der Waals surface area contributed by atoms with Crippen molar-refractivity contribution in [2.45, 2.75) is 33.2 Å². The van der Waals surface area contributed by atoms with Crippen LogP contribution in [0.2, 0.25) is 0 Å².